The monoisotopic (exact) mass is 286 g/mol. The van der Waals surface area contributed by atoms with E-state index in [1.165, 1.54) is 6.07 Å². The van der Waals surface area contributed by atoms with Crippen LogP contribution in [-0.2, 0) is 0 Å². The molecule has 0 saturated heterocycles. The van der Waals surface area contributed by atoms with Gasteiger partial charge in [0.15, 0.2) is 0 Å². The van der Waals surface area contributed by atoms with Crippen molar-refractivity contribution in [3.05, 3.63) is 29.8 Å². The number of halogens is 2. The highest BCUT2D eigenvalue weighted by Gasteiger charge is 2.15. The molecule has 0 radical (unpaired) electrons. The molecule has 2 amide bonds. The number of hydrogen-bond donors (Lipinski definition) is 3. The summed E-state index contributed by atoms with van der Waals surface area (Å²) >= 11 is 0. The van der Waals surface area contributed by atoms with Crippen LogP contribution in [0.4, 0.5) is 19.3 Å². The van der Waals surface area contributed by atoms with Gasteiger partial charge in [0.25, 0.3) is 0 Å². The summed E-state index contributed by atoms with van der Waals surface area (Å²) in [6, 6.07) is 2.40. The normalized spacial score (nSPS) is 11.2. The van der Waals surface area contributed by atoms with E-state index in [1.54, 1.807) is 0 Å². The first-order valence-electron chi connectivity index (χ1n) is 6.45. The molecule has 4 nitrogen and oxygen atoms in total. The number of carbonyl (C=O) groups is 1. The number of urea groups is 1. The summed E-state index contributed by atoms with van der Waals surface area (Å²) in [5.41, 5.74) is -0.249. The fourth-order valence-electron chi connectivity index (χ4n) is 1.61. The molecule has 0 atom stereocenters. The smallest absolute Gasteiger partial charge is 0.319 e. The van der Waals surface area contributed by atoms with E-state index in [2.05, 4.69) is 10.6 Å². The zero-order valence-corrected chi connectivity index (χ0v) is 11.7. The fourth-order valence-corrected chi connectivity index (χ4v) is 1.61. The van der Waals surface area contributed by atoms with Crippen molar-refractivity contribution in [2.75, 3.05) is 18.5 Å². The van der Waals surface area contributed by atoms with Crippen LogP contribution in [0.5, 0.6) is 0 Å². The van der Waals surface area contributed by atoms with Gasteiger partial charge in [-0.2, -0.15) is 0 Å². The Morgan fingerprint density at radius 3 is 2.65 bits per heavy atom. The standard InChI is InChI=1S/C14H20F2N2O2/c1-14(2,9-19)6-3-7-17-13(20)18-12-5-4-10(15)8-11(12)16/h4-5,8,19H,3,6-7,9H2,1-2H3,(H2,17,18,20). The lowest BCUT2D eigenvalue weighted by Gasteiger charge is -2.21. The second-order valence-electron chi connectivity index (χ2n) is 5.43. The maximum atomic E-state index is 13.3. The number of aliphatic hydroxyl groups is 1. The maximum Gasteiger partial charge on any atom is 0.319 e. The van der Waals surface area contributed by atoms with E-state index >= 15 is 0 Å². The molecule has 1 rings (SSSR count). The van der Waals surface area contributed by atoms with Crippen molar-refractivity contribution >= 4 is 11.7 Å². The minimum atomic E-state index is -0.818. The molecule has 0 aliphatic carbocycles. The molecule has 0 heterocycles. The molecule has 112 valence electrons. The van der Waals surface area contributed by atoms with E-state index in [9.17, 15) is 13.6 Å². The van der Waals surface area contributed by atoms with Crippen LogP contribution in [0.1, 0.15) is 26.7 Å². The summed E-state index contributed by atoms with van der Waals surface area (Å²) in [5.74, 6) is -1.51. The van der Waals surface area contributed by atoms with Crippen molar-refractivity contribution in [3.63, 3.8) is 0 Å². The van der Waals surface area contributed by atoms with E-state index in [0.29, 0.717) is 19.0 Å². The van der Waals surface area contributed by atoms with Crippen LogP contribution >= 0.6 is 0 Å². The van der Waals surface area contributed by atoms with Gasteiger partial charge < -0.3 is 15.7 Å². The third kappa shape index (κ3) is 5.52. The summed E-state index contributed by atoms with van der Waals surface area (Å²) in [6.07, 6.45) is 1.46. The molecular formula is C14H20F2N2O2. The predicted octanol–water partition coefficient (Wildman–Crippen LogP) is 2.89. The molecule has 1 aromatic carbocycles. The van der Waals surface area contributed by atoms with Crippen molar-refractivity contribution < 1.29 is 18.7 Å². The number of rotatable bonds is 6. The number of hydrogen-bond acceptors (Lipinski definition) is 2. The number of anilines is 1. The van der Waals surface area contributed by atoms with Gasteiger partial charge in [-0.05, 0) is 30.4 Å². The largest absolute Gasteiger partial charge is 0.396 e. The minimum Gasteiger partial charge on any atom is -0.396 e. The van der Waals surface area contributed by atoms with Crippen LogP contribution in [0.3, 0.4) is 0 Å². The molecule has 0 aromatic heterocycles. The SMILES string of the molecule is CC(C)(CO)CCCNC(=O)Nc1ccc(F)cc1F. The van der Waals surface area contributed by atoms with Gasteiger partial charge in [-0.3, -0.25) is 0 Å². The number of aliphatic hydroxyl groups excluding tert-OH is 1. The van der Waals surface area contributed by atoms with Gasteiger partial charge in [0.2, 0.25) is 0 Å². The lowest BCUT2D eigenvalue weighted by atomic mass is 9.89. The lowest BCUT2D eigenvalue weighted by molar-refractivity contribution is 0.148. The zero-order valence-electron chi connectivity index (χ0n) is 11.7. The Morgan fingerprint density at radius 1 is 1.35 bits per heavy atom. The molecule has 0 aliphatic rings. The topological polar surface area (TPSA) is 61.4 Å². The van der Waals surface area contributed by atoms with Gasteiger partial charge in [-0.15, -0.1) is 0 Å². The van der Waals surface area contributed by atoms with Crippen LogP contribution in [0.15, 0.2) is 18.2 Å². The highest BCUT2D eigenvalue weighted by Crippen LogP contribution is 2.20. The molecule has 6 heteroatoms. The second kappa shape index (κ2) is 7.19. The summed E-state index contributed by atoms with van der Waals surface area (Å²) in [5, 5.41) is 14.0. The van der Waals surface area contributed by atoms with Crippen molar-refractivity contribution in [2.24, 2.45) is 5.41 Å². The van der Waals surface area contributed by atoms with Crippen LogP contribution in [0.25, 0.3) is 0 Å². The highest BCUT2D eigenvalue weighted by atomic mass is 19.1. The van der Waals surface area contributed by atoms with Crippen LogP contribution in [0.2, 0.25) is 0 Å². The Morgan fingerprint density at radius 2 is 2.05 bits per heavy atom. The molecule has 0 unspecified atom stereocenters. The molecule has 0 spiro atoms. The zero-order chi connectivity index (χ0) is 15.2. The van der Waals surface area contributed by atoms with Crippen molar-refractivity contribution in [3.8, 4) is 0 Å². The van der Waals surface area contributed by atoms with Gasteiger partial charge in [0, 0.05) is 19.2 Å². The van der Waals surface area contributed by atoms with E-state index in [1.807, 2.05) is 13.8 Å². The molecule has 20 heavy (non-hydrogen) atoms. The minimum absolute atomic E-state index is 0.0698. The molecule has 0 saturated carbocycles. The molecule has 0 bridgehead atoms. The summed E-state index contributed by atoms with van der Waals surface area (Å²) in [7, 11) is 0. The molecule has 0 fully saturated rings. The Kier molecular flexibility index (Phi) is 5.88. The molecule has 1 aromatic rings. The molecule has 0 aliphatic heterocycles. The van der Waals surface area contributed by atoms with E-state index < -0.39 is 17.7 Å². The molecule has 3 N–H and O–H groups in total. The van der Waals surface area contributed by atoms with Crippen molar-refractivity contribution in [1.29, 1.82) is 0 Å². The maximum absolute atomic E-state index is 13.3. The van der Waals surface area contributed by atoms with E-state index in [4.69, 9.17) is 5.11 Å². The third-order valence-corrected chi connectivity index (χ3v) is 2.92. The molecular weight excluding hydrogens is 266 g/mol. The number of nitrogens with one attached hydrogen (secondary N) is 2. The summed E-state index contributed by atoms with van der Waals surface area (Å²) in [6.45, 7) is 4.36. The van der Waals surface area contributed by atoms with E-state index in [0.717, 1.165) is 12.5 Å². The number of benzene rings is 1. The first kappa shape index (κ1) is 16.4. The number of amides is 2. The first-order valence-corrected chi connectivity index (χ1v) is 6.45. The van der Waals surface area contributed by atoms with Gasteiger partial charge in [0.1, 0.15) is 11.6 Å². The Hall–Kier alpha value is -1.69. The Bertz CT molecular complexity index is 464. The lowest BCUT2D eigenvalue weighted by Crippen LogP contribution is -2.30. The quantitative estimate of drug-likeness (QED) is 0.704. The summed E-state index contributed by atoms with van der Waals surface area (Å²) in [4.78, 5) is 11.5. The van der Waals surface area contributed by atoms with Gasteiger partial charge in [0.05, 0.1) is 5.69 Å². The second-order valence-corrected chi connectivity index (χ2v) is 5.43. The highest BCUT2D eigenvalue weighted by molar-refractivity contribution is 5.89. The third-order valence-electron chi connectivity index (χ3n) is 2.92. The van der Waals surface area contributed by atoms with Crippen LogP contribution < -0.4 is 10.6 Å². The average molecular weight is 286 g/mol. The van der Waals surface area contributed by atoms with Crippen LogP contribution in [0, 0.1) is 17.0 Å². The summed E-state index contributed by atoms with van der Waals surface area (Å²) < 4.78 is 26.0. The van der Waals surface area contributed by atoms with Gasteiger partial charge in [-0.1, -0.05) is 13.8 Å². The van der Waals surface area contributed by atoms with Crippen molar-refractivity contribution in [2.45, 2.75) is 26.7 Å². The van der Waals surface area contributed by atoms with Gasteiger partial charge >= 0.3 is 6.03 Å². The van der Waals surface area contributed by atoms with E-state index in [-0.39, 0.29) is 17.7 Å². The first-order chi connectivity index (χ1) is 9.34. The van der Waals surface area contributed by atoms with Crippen molar-refractivity contribution in [1.82, 2.24) is 5.32 Å². The van der Waals surface area contributed by atoms with Gasteiger partial charge in [-0.25, -0.2) is 13.6 Å². The van der Waals surface area contributed by atoms with Crippen LogP contribution in [-0.4, -0.2) is 24.3 Å². The predicted molar refractivity (Wildman–Crippen MR) is 73.5 cm³/mol. The fraction of sp³-hybridized carbons (Fsp3) is 0.500. The Labute approximate surface area is 117 Å². The Balaban J connectivity index is 2.34. The average Bonchev–Trinajstić information content (AvgIpc) is 2.38. The number of carbonyl (C=O) groups excluding carboxylic acids is 1.